The lowest BCUT2D eigenvalue weighted by Gasteiger charge is -2.10. The van der Waals surface area contributed by atoms with Gasteiger partial charge in [0.15, 0.2) is 10.9 Å². The molecule has 0 amide bonds. The molecule has 28 heavy (non-hydrogen) atoms. The normalized spacial score (nSPS) is 10.8. The molecule has 0 atom stereocenters. The molecule has 4 aromatic rings. The fourth-order valence-electron chi connectivity index (χ4n) is 3.13. The summed E-state index contributed by atoms with van der Waals surface area (Å²) in [6.07, 6.45) is 4.15. The summed E-state index contributed by atoms with van der Waals surface area (Å²) >= 11 is 0. The first-order valence-corrected chi connectivity index (χ1v) is 8.99. The van der Waals surface area contributed by atoms with Gasteiger partial charge in [-0.2, -0.15) is 0 Å². The van der Waals surface area contributed by atoms with Gasteiger partial charge < -0.3 is 9.97 Å². The Morgan fingerprint density at radius 1 is 0.750 bits per heavy atom. The average Bonchev–Trinajstić information content (AvgIpc) is 2.73. The molecule has 138 valence electrons. The molecule has 0 unspecified atom stereocenters. The molecule has 0 saturated heterocycles. The highest BCUT2D eigenvalue weighted by Crippen LogP contribution is 2.22. The molecule has 0 spiro atoms. The molecule has 4 rings (SSSR count). The molecule has 0 aliphatic carbocycles. The summed E-state index contributed by atoms with van der Waals surface area (Å²) in [5.41, 5.74) is 4.31. The SMILES string of the molecule is CCc1cccnc1-c1cc(=O)cc(-c2cc(=O)cc(-c3ccccn3)[nH]2)[nH]1. The van der Waals surface area contributed by atoms with Crippen molar-refractivity contribution in [3.05, 3.63) is 93.0 Å². The second kappa shape index (κ2) is 7.44. The Hall–Kier alpha value is -3.80. The van der Waals surface area contributed by atoms with E-state index >= 15 is 0 Å². The van der Waals surface area contributed by atoms with Crippen LogP contribution in [-0.2, 0) is 6.42 Å². The molecule has 0 radical (unpaired) electrons. The quantitative estimate of drug-likeness (QED) is 0.576. The molecular weight excluding hydrogens is 352 g/mol. The Kier molecular flexibility index (Phi) is 4.68. The minimum Gasteiger partial charge on any atom is -0.352 e. The highest BCUT2D eigenvalue weighted by Gasteiger charge is 2.11. The number of hydrogen-bond donors (Lipinski definition) is 2. The number of nitrogens with one attached hydrogen (secondary N) is 2. The molecule has 0 aromatic carbocycles. The fourth-order valence-corrected chi connectivity index (χ4v) is 3.13. The van der Waals surface area contributed by atoms with E-state index in [2.05, 4.69) is 19.9 Å². The number of nitrogens with zero attached hydrogens (tertiary/aromatic N) is 2. The van der Waals surface area contributed by atoms with Gasteiger partial charge in [-0.1, -0.05) is 19.1 Å². The first-order chi connectivity index (χ1) is 13.6. The van der Waals surface area contributed by atoms with E-state index in [9.17, 15) is 9.59 Å². The maximum Gasteiger partial charge on any atom is 0.182 e. The summed E-state index contributed by atoms with van der Waals surface area (Å²) in [7, 11) is 0. The molecule has 4 aromatic heterocycles. The van der Waals surface area contributed by atoms with Crippen LogP contribution in [0.1, 0.15) is 12.5 Å². The lowest BCUT2D eigenvalue weighted by Crippen LogP contribution is -2.07. The standard InChI is InChI=1S/C22H18N4O2/c1-2-14-6-5-9-24-22(14)21-13-16(28)12-20(26-21)19-11-15(27)10-18(25-19)17-7-3-4-8-23-17/h3-13H,2H2,1H3,(H,25,27)(H,26,28). The summed E-state index contributed by atoms with van der Waals surface area (Å²) < 4.78 is 0. The molecule has 0 bridgehead atoms. The molecule has 0 aliphatic rings. The second-order valence-corrected chi connectivity index (χ2v) is 6.37. The monoisotopic (exact) mass is 370 g/mol. The van der Waals surface area contributed by atoms with Crippen LogP contribution < -0.4 is 10.9 Å². The van der Waals surface area contributed by atoms with Gasteiger partial charge in [0, 0.05) is 36.7 Å². The Morgan fingerprint density at radius 3 is 2.07 bits per heavy atom. The van der Waals surface area contributed by atoms with E-state index in [4.69, 9.17) is 0 Å². The molecule has 6 nitrogen and oxygen atoms in total. The van der Waals surface area contributed by atoms with Gasteiger partial charge in [-0.25, -0.2) is 0 Å². The van der Waals surface area contributed by atoms with E-state index < -0.39 is 0 Å². The predicted molar refractivity (Wildman–Crippen MR) is 109 cm³/mol. The van der Waals surface area contributed by atoms with Crippen molar-refractivity contribution in [2.75, 3.05) is 0 Å². The van der Waals surface area contributed by atoms with Crippen molar-refractivity contribution in [2.45, 2.75) is 13.3 Å². The first kappa shape index (κ1) is 17.6. The van der Waals surface area contributed by atoms with Crippen LogP contribution >= 0.6 is 0 Å². The number of rotatable bonds is 4. The van der Waals surface area contributed by atoms with E-state index in [0.29, 0.717) is 28.5 Å². The largest absolute Gasteiger partial charge is 0.352 e. The van der Waals surface area contributed by atoms with Crippen molar-refractivity contribution >= 4 is 0 Å². The van der Waals surface area contributed by atoms with Gasteiger partial charge >= 0.3 is 0 Å². The van der Waals surface area contributed by atoms with Crippen LogP contribution in [0.25, 0.3) is 34.2 Å². The maximum atomic E-state index is 12.3. The molecule has 0 fully saturated rings. The molecule has 2 N–H and O–H groups in total. The molecular formula is C22H18N4O2. The van der Waals surface area contributed by atoms with Crippen molar-refractivity contribution in [2.24, 2.45) is 0 Å². The van der Waals surface area contributed by atoms with Gasteiger partial charge in [0.2, 0.25) is 0 Å². The summed E-state index contributed by atoms with van der Waals surface area (Å²) in [6.45, 7) is 2.04. The van der Waals surface area contributed by atoms with Crippen LogP contribution in [-0.4, -0.2) is 19.9 Å². The van der Waals surface area contributed by atoms with E-state index in [1.807, 2.05) is 37.3 Å². The molecule has 0 saturated carbocycles. The zero-order valence-corrected chi connectivity index (χ0v) is 15.3. The maximum absolute atomic E-state index is 12.3. The zero-order valence-electron chi connectivity index (χ0n) is 15.3. The highest BCUT2D eigenvalue weighted by atomic mass is 16.1. The Bertz CT molecular complexity index is 1240. The highest BCUT2D eigenvalue weighted by molar-refractivity contribution is 5.66. The van der Waals surface area contributed by atoms with E-state index in [0.717, 1.165) is 17.7 Å². The van der Waals surface area contributed by atoms with E-state index in [1.165, 1.54) is 24.3 Å². The third-order valence-corrected chi connectivity index (χ3v) is 4.44. The average molecular weight is 370 g/mol. The summed E-state index contributed by atoms with van der Waals surface area (Å²) in [5.74, 6) is 0. The van der Waals surface area contributed by atoms with Crippen molar-refractivity contribution in [1.82, 2.24) is 19.9 Å². The molecule has 4 heterocycles. The van der Waals surface area contributed by atoms with Gasteiger partial charge in [-0.05, 0) is 30.2 Å². The van der Waals surface area contributed by atoms with Crippen molar-refractivity contribution in [3.8, 4) is 34.2 Å². The Morgan fingerprint density at radius 2 is 1.39 bits per heavy atom. The van der Waals surface area contributed by atoms with Gasteiger partial charge in [0.1, 0.15) is 0 Å². The Balaban J connectivity index is 1.87. The second-order valence-electron chi connectivity index (χ2n) is 6.37. The Labute approximate surface area is 161 Å². The number of aromatic amines is 2. The van der Waals surface area contributed by atoms with E-state index in [1.54, 1.807) is 12.4 Å². The van der Waals surface area contributed by atoms with Crippen LogP contribution in [0.2, 0.25) is 0 Å². The number of hydrogen-bond acceptors (Lipinski definition) is 4. The lowest BCUT2D eigenvalue weighted by molar-refractivity contribution is 1.09. The van der Waals surface area contributed by atoms with Crippen LogP contribution in [0, 0.1) is 0 Å². The summed E-state index contributed by atoms with van der Waals surface area (Å²) in [4.78, 5) is 39.7. The van der Waals surface area contributed by atoms with Gasteiger partial charge in [0.05, 0.1) is 34.2 Å². The number of aryl methyl sites for hydroxylation is 1. The topological polar surface area (TPSA) is 91.5 Å². The van der Waals surface area contributed by atoms with Crippen LogP contribution in [0.5, 0.6) is 0 Å². The summed E-state index contributed by atoms with van der Waals surface area (Å²) in [5, 5.41) is 0. The lowest BCUT2D eigenvalue weighted by atomic mass is 10.1. The third kappa shape index (κ3) is 3.53. The number of H-pyrrole nitrogens is 2. The van der Waals surface area contributed by atoms with Gasteiger partial charge in [-0.3, -0.25) is 19.6 Å². The van der Waals surface area contributed by atoms with Crippen molar-refractivity contribution < 1.29 is 0 Å². The molecule has 0 aliphatic heterocycles. The fraction of sp³-hybridized carbons (Fsp3) is 0.0909. The van der Waals surface area contributed by atoms with Crippen LogP contribution in [0.4, 0.5) is 0 Å². The van der Waals surface area contributed by atoms with Crippen LogP contribution in [0.15, 0.2) is 76.6 Å². The first-order valence-electron chi connectivity index (χ1n) is 8.99. The van der Waals surface area contributed by atoms with E-state index in [-0.39, 0.29) is 10.9 Å². The minimum atomic E-state index is -0.173. The van der Waals surface area contributed by atoms with Gasteiger partial charge in [0.25, 0.3) is 0 Å². The minimum absolute atomic E-state index is 0.166. The molecule has 6 heteroatoms. The van der Waals surface area contributed by atoms with Crippen molar-refractivity contribution in [3.63, 3.8) is 0 Å². The zero-order chi connectivity index (χ0) is 19.5. The van der Waals surface area contributed by atoms with Crippen molar-refractivity contribution in [1.29, 1.82) is 0 Å². The number of pyridine rings is 4. The predicted octanol–water partition coefficient (Wildman–Crippen LogP) is 3.42. The smallest absolute Gasteiger partial charge is 0.182 e. The summed E-state index contributed by atoms with van der Waals surface area (Å²) in [6, 6.07) is 15.3. The van der Waals surface area contributed by atoms with Crippen LogP contribution in [0.3, 0.4) is 0 Å². The number of aromatic nitrogens is 4. The third-order valence-electron chi connectivity index (χ3n) is 4.44. The van der Waals surface area contributed by atoms with Gasteiger partial charge in [-0.15, -0.1) is 0 Å².